The molecule has 0 aliphatic rings. The van der Waals surface area contributed by atoms with Gasteiger partial charge in [0.2, 0.25) is 0 Å². The molecule has 3 heteroatoms. The first-order chi connectivity index (χ1) is 6.49. The third-order valence-electron chi connectivity index (χ3n) is 1.90. The average molecular weight is 293 g/mol. The Morgan fingerprint density at radius 3 is 1.18 bits per heavy atom. The van der Waals surface area contributed by atoms with E-state index in [0.29, 0.717) is 12.1 Å². The van der Waals surface area contributed by atoms with Gasteiger partial charge in [0.25, 0.3) is 0 Å². The zero-order valence-electron chi connectivity index (χ0n) is 13.5. The van der Waals surface area contributed by atoms with Crippen LogP contribution in [0, 0.1) is 7.43 Å². The molecule has 0 saturated carbocycles. The molecule has 0 aromatic carbocycles. The molecular formula is C14H31N2Zn-3. The van der Waals surface area contributed by atoms with Crippen LogP contribution in [0.25, 0.3) is 10.6 Å². The van der Waals surface area contributed by atoms with Gasteiger partial charge in [0, 0.05) is 19.5 Å². The second kappa shape index (κ2) is 8.61. The Hall–Kier alpha value is 0.543. The third-order valence-corrected chi connectivity index (χ3v) is 1.90. The quantitative estimate of drug-likeness (QED) is 0.518. The van der Waals surface area contributed by atoms with Crippen LogP contribution in [0.4, 0.5) is 0 Å². The first-order valence-electron chi connectivity index (χ1n) is 5.93. The van der Waals surface area contributed by atoms with Crippen LogP contribution in [0.15, 0.2) is 0 Å². The van der Waals surface area contributed by atoms with Crippen molar-refractivity contribution in [3.05, 3.63) is 18.1 Å². The minimum Gasteiger partial charge on any atom is -0.655 e. The van der Waals surface area contributed by atoms with Gasteiger partial charge in [-0.25, -0.2) is 0 Å². The Balaban J connectivity index is -0.000000980. The van der Waals surface area contributed by atoms with Gasteiger partial charge in [-0.05, 0) is 0 Å². The molecule has 0 aliphatic carbocycles. The van der Waals surface area contributed by atoms with Gasteiger partial charge < -0.3 is 18.1 Å². The topological polar surface area (TPSA) is 28.2 Å². The summed E-state index contributed by atoms with van der Waals surface area (Å²) in [6, 6.07) is 0.789. The van der Waals surface area contributed by atoms with Crippen molar-refractivity contribution in [2.24, 2.45) is 0 Å². The molecule has 0 aromatic rings. The van der Waals surface area contributed by atoms with Gasteiger partial charge in [-0.3, -0.25) is 0 Å². The van der Waals surface area contributed by atoms with Crippen LogP contribution in [-0.2, 0) is 19.5 Å². The maximum Gasteiger partial charge on any atom is 0 e. The van der Waals surface area contributed by atoms with Gasteiger partial charge in [0.15, 0.2) is 0 Å². The van der Waals surface area contributed by atoms with Crippen LogP contribution >= 0.6 is 0 Å². The standard InChI is InChI=1S/C13H28N2.CH3.Zn/c1-10(14-12(3,4)5)9-11(2)15-13(6,7)8;;/h10-11H,9H2,1-8H3;1H3;/q-2;-1;. The van der Waals surface area contributed by atoms with Crippen molar-refractivity contribution in [1.82, 2.24) is 0 Å². The van der Waals surface area contributed by atoms with Gasteiger partial charge in [-0.1, -0.05) is 61.8 Å². The van der Waals surface area contributed by atoms with E-state index in [1.165, 1.54) is 0 Å². The third kappa shape index (κ3) is 16.5. The summed E-state index contributed by atoms with van der Waals surface area (Å²) in [5.74, 6) is 0. The number of rotatable bonds is 4. The van der Waals surface area contributed by atoms with E-state index in [2.05, 4.69) is 55.4 Å². The molecule has 0 rings (SSSR count). The Kier molecular flexibility index (Phi) is 11.5. The molecule has 0 N–H and O–H groups in total. The molecule has 0 aromatic heterocycles. The summed E-state index contributed by atoms with van der Waals surface area (Å²) in [6.07, 6.45) is 1.05. The van der Waals surface area contributed by atoms with Gasteiger partial charge in [-0.2, -0.15) is 0 Å². The summed E-state index contributed by atoms with van der Waals surface area (Å²) in [5, 5.41) is 9.44. The fourth-order valence-corrected chi connectivity index (χ4v) is 1.92. The maximum absolute atomic E-state index is 4.72. The summed E-state index contributed by atoms with van der Waals surface area (Å²) >= 11 is 0. The van der Waals surface area contributed by atoms with Crippen molar-refractivity contribution in [3.63, 3.8) is 0 Å². The molecular weight excluding hydrogens is 262 g/mol. The monoisotopic (exact) mass is 291 g/mol. The van der Waals surface area contributed by atoms with Crippen molar-refractivity contribution in [3.8, 4) is 0 Å². The predicted molar refractivity (Wildman–Crippen MR) is 76.2 cm³/mol. The Labute approximate surface area is 122 Å². The summed E-state index contributed by atoms with van der Waals surface area (Å²) in [6.45, 7) is 17.2. The second-order valence-corrected chi connectivity index (χ2v) is 6.53. The van der Waals surface area contributed by atoms with E-state index in [1.54, 1.807) is 0 Å². The molecule has 2 nitrogen and oxygen atoms in total. The summed E-state index contributed by atoms with van der Waals surface area (Å²) in [5.41, 5.74) is 0.141. The minimum absolute atomic E-state index is 0. The van der Waals surface area contributed by atoms with Gasteiger partial charge in [0.05, 0.1) is 0 Å². The molecule has 17 heavy (non-hydrogen) atoms. The van der Waals surface area contributed by atoms with E-state index in [4.69, 9.17) is 10.6 Å². The molecule has 0 fully saturated rings. The molecule has 102 valence electrons. The van der Waals surface area contributed by atoms with E-state index >= 15 is 0 Å². The van der Waals surface area contributed by atoms with Crippen molar-refractivity contribution in [2.45, 2.75) is 85.0 Å². The van der Waals surface area contributed by atoms with Gasteiger partial charge in [0.1, 0.15) is 0 Å². The van der Waals surface area contributed by atoms with Gasteiger partial charge >= 0.3 is 0 Å². The first kappa shape index (κ1) is 22.7. The molecule has 0 bridgehead atoms. The summed E-state index contributed by atoms with van der Waals surface area (Å²) in [4.78, 5) is 0. The van der Waals surface area contributed by atoms with Crippen molar-refractivity contribution in [2.75, 3.05) is 0 Å². The van der Waals surface area contributed by atoms with Crippen molar-refractivity contribution >= 4 is 0 Å². The van der Waals surface area contributed by atoms with E-state index < -0.39 is 0 Å². The Morgan fingerprint density at radius 1 is 0.765 bits per heavy atom. The molecule has 0 saturated heterocycles. The molecule has 2 atom stereocenters. The van der Waals surface area contributed by atoms with Crippen molar-refractivity contribution in [1.29, 1.82) is 0 Å². The van der Waals surface area contributed by atoms with E-state index in [0.717, 1.165) is 6.42 Å². The SMILES string of the molecule is CC(CC(C)[N-]C(C)(C)C)[N-]C(C)(C)C.[CH3-].[Zn]. The van der Waals surface area contributed by atoms with Gasteiger partial charge in [-0.15, -0.1) is 23.2 Å². The maximum atomic E-state index is 4.72. The van der Waals surface area contributed by atoms with Crippen LogP contribution < -0.4 is 0 Å². The van der Waals surface area contributed by atoms with E-state index in [-0.39, 0.29) is 38.0 Å². The summed E-state index contributed by atoms with van der Waals surface area (Å²) < 4.78 is 0. The zero-order valence-corrected chi connectivity index (χ0v) is 16.4. The molecule has 0 spiro atoms. The van der Waals surface area contributed by atoms with Crippen LogP contribution in [-0.4, -0.2) is 23.2 Å². The fourth-order valence-electron chi connectivity index (χ4n) is 1.92. The predicted octanol–water partition coefficient (Wildman–Crippen LogP) is 4.95. The minimum atomic E-state index is 0. The Morgan fingerprint density at radius 2 is 1.00 bits per heavy atom. The van der Waals surface area contributed by atoms with E-state index in [1.807, 2.05) is 0 Å². The number of hydrogen-bond donors (Lipinski definition) is 0. The largest absolute Gasteiger partial charge is 0.655 e. The molecule has 0 amide bonds. The second-order valence-electron chi connectivity index (χ2n) is 6.53. The van der Waals surface area contributed by atoms with Crippen LogP contribution in [0.5, 0.6) is 0 Å². The zero-order chi connectivity index (χ0) is 12.3. The van der Waals surface area contributed by atoms with Crippen molar-refractivity contribution < 1.29 is 19.5 Å². The molecule has 0 radical (unpaired) electrons. The van der Waals surface area contributed by atoms with Crippen LogP contribution in [0.3, 0.4) is 0 Å². The normalized spacial score (nSPS) is 15.5. The first-order valence-corrected chi connectivity index (χ1v) is 5.93. The Bertz CT molecular complexity index is 160. The van der Waals surface area contributed by atoms with Crippen LogP contribution in [0.1, 0.15) is 61.8 Å². The smallest absolute Gasteiger partial charge is 0 e. The molecule has 2 unspecified atom stereocenters. The number of hydrogen-bond acceptors (Lipinski definition) is 0. The fraction of sp³-hybridized carbons (Fsp3) is 0.929. The van der Waals surface area contributed by atoms with E-state index in [9.17, 15) is 0 Å². The van der Waals surface area contributed by atoms with Crippen LogP contribution in [0.2, 0.25) is 0 Å². The molecule has 0 heterocycles. The molecule has 0 aliphatic heterocycles. The number of nitrogens with zero attached hydrogens (tertiary/aromatic N) is 2. The average Bonchev–Trinajstić information content (AvgIpc) is 1.73. The summed E-state index contributed by atoms with van der Waals surface area (Å²) in [7, 11) is 0.